The van der Waals surface area contributed by atoms with Crippen molar-refractivity contribution in [3.05, 3.63) is 71.9 Å². The fourth-order valence-corrected chi connectivity index (χ4v) is 3.38. The number of amides is 2. The van der Waals surface area contributed by atoms with Gasteiger partial charge in [-0.15, -0.1) is 0 Å². The first-order valence-corrected chi connectivity index (χ1v) is 9.12. The molecule has 4 rings (SSSR count). The van der Waals surface area contributed by atoms with Crippen LogP contribution in [0.4, 0.5) is 5.69 Å². The van der Waals surface area contributed by atoms with Crippen LogP contribution in [0.2, 0.25) is 0 Å². The monoisotopic (exact) mass is 359 g/mol. The van der Waals surface area contributed by atoms with Gasteiger partial charge in [0.15, 0.2) is 0 Å². The van der Waals surface area contributed by atoms with E-state index in [9.17, 15) is 9.59 Å². The van der Waals surface area contributed by atoms with Crippen molar-refractivity contribution in [2.24, 2.45) is 0 Å². The zero-order valence-corrected chi connectivity index (χ0v) is 15.3. The van der Waals surface area contributed by atoms with E-state index < -0.39 is 0 Å². The molecule has 2 aromatic carbocycles. The molecule has 3 aromatic rings. The number of aromatic nitrogens is 1. The summed E-state index contributed by atoms with van der Waals surface area (Å²) >= 11 is 0. The van der Waals surface area contributed by atoms with Crippen LogP contribution in [0.25, 0.3) is 17.0 Å². The van der Waals surface area contributed by atoms with E-state index in [4.69, 9.17) is 0 Å². The summed E-state index contributed by atoms with van der Waals surface area (Å²) in [5.41, 5.74) is 5.41. The first kappa shape index (κ1) is 17.1. The predicted molar refractivity (Wildman–Crippen MR) is 107 cm³/mol. The van der Waals surface area contributed by atoms with Gasteiger partial charge in [0.05, 0.1) is 5.69 Å². The van der Waals surface area contributed by atoms with E-state index in [1.807, 2.05) is 42.6 Å². The van der Waals surface area contributed by atoms with Gasteiger partial charge in [-0.3, -0.25) is 15.0 Å². The number of carbonyl (C=O) groups is 2. The van der Waals surface area contributed by atoms with E-state index in [1.54, 1.807) is 18.2 Å². The van der Waals surface area contributed by atoms with Gasteiger partial charge < -0.3 is 4.57 Å². The second-order valence-corrected chi connectivity index (χ2v) is 6.74. The van der Waals surface area contributed by atoms with Gasteiger partial charge in [0.2, 0.25) is 0 Å². The molecule has 0 unspecified atom stereocenters. The Kier molecular flexibility index (Phi) is 4.28. The minimum absolute atomic E-state index is 0.144. The Bertz CT molecular complexity index is 1050. The number of hydrogen-bond acceptors (Lipinski definition) is 2. The molecule has 1 aliphatic heterocycles. The molecule has 1 saturated heterocycles. The lowest BCUT2D eigenvalue weighted by Gasteiger charge is -2.13. The van der Waals surface area contributed by atoms with Gasteiger partial charge in [0, 0.05) is 28.7 Å². The third kappa shape index (κ3) is 2.91. The molecule has 1 fully saturated rings. The van der Waals surface area contributed by atoms with Crippen LogP contribution >= 0.6 is 0 Å². The van der Waals surface area contributed by atoms with Gasteiger partial charge in [-0.05, 0) is 37.6 Å². The summed E-state index contributed by atoms with van der Waals surface area (Å²) in [5, 5.41) is 2.33. The van der Waals surface area contributed by atoms with E-state index >= 15 is 0 Å². The highest BCUT2D eigenvalue weighted by Gasteiger charge is 2.34. The smallest absolute Gasteiger partial charge is 0.282 e. The number of hydrazine groups is 1. The molecule has 1 N–H and O–H groups in total. The van der Waals surface area contributed by atoms with Crippen molar-refractivity contribution in [3.63, 3.8) is 0 Å². The zero-order chi connectivity index (χ0) is 19.0. The Morgan fingerprint density at radius 3 is 2.48 bits per heavy atom. The number of hydrogen-bond donors (Lipinski definition) is 1. The fourth-order valence-electron chi connectivity index (χ4n) is 3.38. The molecule has 0 aliphatic carbocycles. The van der Waals surface area contributed by atoms with Crippen LogP contribution in [-0.4, -0.2) is 16.4 Å². The maximum atomic E-state index is 12.8. The molecular weight excluding hydrogens is 338 g/mol. The molecule has 0 radical (unpaired) electrons. The largest absolute Gasteiger partial charge is 0.344 e. The maximum absolute atomic E-state index is 12.8. The lowest BCUT2D eigenvalue weighted by molar-refractivity contribution is -0.117. The lowest BCUT2D eigenvalue weighted by Crippen LogP contribution is -2.35. The number of nitrogens with zero attached hydrogens (tertiary/aromatic N) is 2. The molecule has 5 nitrogen and oxygen atoms in total. The highest BCUT2D eigenvalue weighted by atomic mass is 16.2. The van der Waals surface area contributed by atoms with Crippen molar-refractivity contribution in [2.75, 3.05) is 5.01 Å². The van der Waals surface area contributed by atoms with E-state index in [0.717, 1.165) is 22.9 Å². The number of rotatable bonds is 4. The number of carbonyl (C=O) groups excluding carboxylic acids is 2. The van der Waals surface area contributed by atoms with Crippen molar-refractivity contribution >= 4 is 34.5 Å². The van der Waals surface area contributed by atoms with Crippen molar-refractivity contribution in [3.8, 4) is 0 Å². The molecule has 1 atom stereocenters. The second kappa shape index (κ2) is 6.76. The number of para-hydroxylation sites is 2. The number of anilines is 1. The molecule has 0 bridgehead atoms. The third-order valence-corrected chi connectivity index (χ3v) is 5.04. The van der Waals surface area contributed by atoms with Crippen molar-refractivity contribution in [1.82, 2.24) is 9.99 Å². The van der Waals surface area contributed by atoms with Crippen LogP contribution in [0.1, 0.15) is 31.9 Å². The summed E-state index contributed by atoms with van der Waals surface area (Å²) in [5.74, 6) is -0.726. The molecule has 1 aromatic heterocycles. The molecule has 136 valence electrons. The van der Waals surface area contributed by atoms with E-state index in [0.29, 0.717) is 11.7 Å². The Labute approximate surface area is 157 Å². The SMILES string of the molecule is CC[C@@H](C)n1cc(/C=C2/C(=O)NN(c3ccccc3)C2=O)c2ccccc21. The van der Waals surface area contributed by atoms with Crippen LogP contribution in [0.15, 0.2) is 66.4 Å². The molecule has 5 heteroatoms. The van der Waals surface area contributed by atoms with Gasteiger partial charge in [0.1, 0.15) is 5.57 Å². The summed E-state index contributed by atoms with van der Waals surface area (Å²) in [6.07, 6.45) is 4.72. The second-order valence-electron chi connectivity index (χ2n) is 6.74. The average Bonchev–Trinajstić information content (AvgIpc) is 3.21. The van der Waals surface area contributed by atoms with E-state index in [2.05, 4.69) is 29.9 Å². The van der Waals surface area contributed by atoms with Crippen molar-refractivity contribution in [1.29, 1.82) is 0 Å². The minimum atomic E-state index is -0.385. The summed E-state index contributed by atoms with van der Waals surface area (Å²) < 4.78 is 2.20. The fraction of sp³-hybridized carbons (Fsp3) is 0.182. The van der Waals surface area contributed by atoms with Crippen molar-refractivity contribution < 1.29 is 9.59 Å². The molecule has 0 saturated carbocycles. The number of benzene rings is 2. The summed E-state index contributed by atoms with van der Waals surface area (Å²) in [4.78, 5) is 25.3. The summed E-state index contributed by atoms with van der Waals surface area (Å²) in [7, 11) is 0. The number of fused-ring (bicyclic) bond motifs is 1. The molecule has 1 aliphatic rings. The molecule has 2 amide bonds. The first-order valence-electron chi connectivity index (χ1n) is 9.12. The maximum Gasteiger partial charge on any atom is 0.282 e. The van der Waals surface area contributed by atoms with Crippen LogP contribution in [0.3, 0.4) is 0 Å². The predicted octanol–water partition coefficient (Wildman–Crippen LogP) is 4.07. The molecular formula is C22H21N3O2. The Morgan fingerprint density at radius 2 is 1.74 bits per heavy atom. The summed E-state index contributed by atoms with van der Waals surface area (Å²) in [6, 6.07) is 17.5. The molecule has 27 heavy (non-hydrogen) atoms. The standard InChI is InChI=1S/C22H21N3O2/c1-3-15(2)24-14-16(18-11-7-8-12-20(18)24)13-19-21(26)23-25(22(19)27)17-9-5-4-6-10-17/h4-15H,3H2,1-2H3,(H,23,26)/b19-13-/t15-/m1/s1. The van der Waals surface area contributed by atoms with Crippen LogP contribution in [0.5, 0.6) is 0 Å². The van der Waals surface area contributed by atoms with E-state index in [-0.39, 0.29) is 17.4 Å². The Hall–Kier alpha value is -3.34. The third-order valence-electron chi connectivity index (χ3n) is 5.04. The van der Waals surface area contributed by atoms with Crippen LogP contribution < -0.4 is 10.4 Å². The van der Waals surface area contributed by atoms with Gasteiger partial charge in [0.25, 0.3) is 11.8 Å². The van der Waals surface area contributed by atoms with Crippen LogP contribution in [-0.2, 0) is 9.59 Å². The average molecular weight is 359 g/mol. The Balaban J connectivity index is 1.78. The van der Waals surface area contributed by atoms with Crippen molar-refractivity contribution in [2.45, 2.75) is 26.3 Å². The van der Waals surface area contributed by atoms with Gasteiger partial charge in [-0.2, -0.15) is 0 Å². The topological polar surface area (TPSA) is 54.3 Å². The van der Waals surface area contributed by atoms with Gasteiger partial charge >= 0.3 is 0 Å². The summed E-state index contributed by atoms with van der Waals surface area (Å²) in [6.45, 7) is 4.30. The first-order chi connectivity index (χ1) is 13.1. The van der Waals surface area contributed by atoms with Gasteiger partial charge in [-0.25, -0.2) is 5.01 Å². The normalized spacial score (nSPS) is 17.0. The van der Waals surface area contributed by atoms with Crippen LogP contribution in [0, 0.1) is 0 Å². The quantitative estimate of drug-likeness (QED) is 0.564. The molecule has 0 spiro atoms. The highest BCUT2D eigenvalue weighted by Crippen LogP contribution is 2.29. The number of nitrogens with one attached hydrogen (secondary N) is 1. The lowest BCUT2D eigenvalue weighted by atomic mass is 10.1. The molecule has 2 heterocycles. The zero-order valence-electron chi connectivity index (χ0n) is 15.3. The Morgan fingerprint density at radius 1 is 1.04 bits per heavy atom. The minimum Gasteiger partial charge on any atom is -0.344 e. The highest BCUT2D eigenvalue weighted by molar-refractivity contribution is 6.32. The van der Waals surface area contributed by atoms with E-state index in [1.165, 1.54) is 5.01 Å². The van der Waals surface area contributed by atoms with Gasteiger partial charge in [-0.1, -0.05) is 43.3 Å².